The SMILES string of the molecule is C[C@@](N)(CCO)c1cc(Cl)ccc1Cl. The molecular formula is C10H13Cl2NO. The molecule has 0 aliphatic carbocycles. The second-order valence-electron chi connectivity index (χ2n) is 3.52. The van der Waals surface area contributed by atoms with Gasteiger partial charge in [0.15, 0.2) is 0 Å². The summed E-state index contributed by atoms with van der Waals surface area (Å²) in [7, 11) is 0. The Morgan fingerprint density at radius 3 is 2.64 bits per heavy atom. The van der Waals surface area contributed by atoms with Crippen LogP contribution in [0.3, 0.4) is 0 Å². The van der Waals surface area contributed by atoms with Gasteiger partial charge in [-0.2, -0.15) is 0 Å². The minimum atomic E-state index is -0.642. The van der Waals surface area contributed by atoms with Gasteiger partial charge in [-0.25, -0.2) is 0 Å². The van der Waals surface area contributed by atoms with Crippen LogP contribution in [0.4, 0.5) is 0 Å². The largest absolute Gasteiger partial charge is 0.396 e. The molecule has 1 rings (SSSR count). The number of hydrogen-bond donors (Lipinski definition) is 2. The molecule has 0 fully saturated rings. The number of halogens is 2. The van der Waals surface area contributed by atoms with Crippen molar-refractivity contribution in [1.29, 1.82) is 0 Å². The topological polar surface area (TPSA) is 46.2 Å². The Kier molecular flexibility index (Phi) is 3.78. The number of nitrogens with two attached hydrogens (primary N) is 1. The third-order valence-corrected chi connectivity index (χ3v) is 2.74. The Balaban J connectivity index is 3.10. The summed E-state index contributed by atoms with van der Waals surface area (Å²) in [6.45, 7) is 1.84. The second-order valence-corrected chi connectivity index (χ2v) is 4.36. The lowest BCUT2D eigenvalue weighted by atomic mass is 9.90. The quantitative estimate of drug-likeness (QED) is 0.844. The summed E-state index contributed by atoms with van der Waals surface area (Å²) in [5.41, 5.74) is 6.14. The van der Waals surface area contributed by atoms with E-state index in [1.54, 1.807) is 18.2 Å². The zero-order valence-corrected chi connectivity index (χ0v) is 9.44. The average molecular weight is 234 g/mol. The van der Waals surface area contributed by atoms with E-state index in [0.29, 0.717) is 16.5 Å². The van der Waals surface area contributed by atoms with Crippen LogP contribution in [0.2, 0.25) is 10.0 Å². The third-order valence-electron chi connectivity index (χ3n) is 2.17. The van der Waals surface area contributed by atoms with Gasteiger partial charge in [0.1, 0.15) is 0 Å². The van der Waals surface area contributed by atoms with Crippen molar-refractivity contribution in [2.75, 3.05) is 6.61 Å². The molecule has 1 aromatic carbocycles. The maximum absolute atomic E-state index is 8.87. The van der Waals surface area contributed by atoms with Crippen LogP contribution in [-0.4, -0.2) is 11.7 Å². The van der Waals surface area contributed by atoms with Crippen molar-refractivity contribution in [2.24, 2.45) is 5.73 Å². The fraction of sp³-hybridized carbons (Fsp3) is 0.400. The molecule has 0 radical (unpaired) electrons. The predicted octanol–water partition coefficient (Wildman–Crippen LogP) is 2.55. The molecule has 78 valence electrons. The number of rotatable bonds is 3. The maximum atomic E-state index is 8.87. The average Bonchev–Trinajstić information content (AvgIpc) is 2.09. The van der Waals surface area contributed by atoms with Gasteiger partial charge in [-0.15, -0.1) is 0 Å². The minimum Gasteiger partial charge on any atom is -0.396 e. The molecule has 1 aromatic rings. The van der Waals surface area contributed by atoms with Crippen molar-refractivity contribution in [1.82, 2.24) is 0 Å². The molecule has 4 heteroatoms. The molecule has 0 unspecified atom stereocenters. The van der Waals surface area contributed by atoms with Crippen LogP contribution in [0.15, 0.2) is 18.2 Å². The van der Waals surface area contributed by atoms with Crippen molar-refractivity contribution in [3.63, 3.8) is 0 Å². The first-order chi connectivity index (χ1) is 6.47. The standard InChI is InChI=1S/C10H13Cl2NO/c1-10(13,4-5-14)8-6-7(11)2-3-9(8)12/h2-3,6,14H,4-5,13H2,1H3/t10-/m1/s1. The molecule has 1 atom stereocenters. The number of aliphatic hydroxyl groups is 1. The van der Waals surface area contributed by atoms with Gasteiger partial charge < -0.3 is 10.8 Å². The van der Waals surface area contributed by atoms with E-state index in [1.807, 2.05) is 6.92 Å². The Morgan fingerprint density at radius 2 is 2.07 bits per heavy atom. The zero-order valence-electron chi connectivity index (χ0n) is 7.93. The van der Waals surface area contributed by atoms with Gasteiger partial charge in [0.2, 0.25) is 0 Å². The molecule has 14 heavy (non-hydrogen) atoms. The number of aliphatic hydroxyl groups excluding tert-OH is 1. The summed E-state index contributed by atoms with van der Waals surface area (Å²) in [4.78, 5) is 0. The summed E-state index contributed by atoms with van der Waals surface area (Å²) in [6, 6.07) is 5.16. The Labute approximate surface area is 93.6 Å². The fourth-order valence-electron chi connectivity index (χ4n) is 1.30. The molecular weight excluding hydrogens is 221 g/mol. The molecule has 0 saturated heterocycles. The second kappa shape index (κ2) is 4.49. The van der Waals surface area contributed by atoms with Crippen LogP contribution in [0, 0.1) is 0 Å². The van der Waals surface area contributed by atoms with E-state index < -0.39 is 5.54 Å². The predicted molar refractivity (Wildman–Crippen MR) is 59.7 cm³/mol. The van der Waals surface area contributed by atoms with E-state index in [2.05, 4.69) is 0 Å². The molecule has 0 aliphatic rings. The lowest BCUT2D eigenvalue weighted by Gasteiger charge is -2.25. The lowest BCUT2D eigenvalue weighted by molar-refractivity contribution is 0.247. The molecule has 0 spiro atoms. The molecule has 2 nitrogen and oxygen atoms in total. The van der Waals surface area contributed by atoms with Gasteiger partial charge in [-0.05, 0) is 37.1 Å². The highest BCUT2D eigenvalue weighted by Crippen LogP contribution is 2.30. The first kappa shape index (κ1) is 11.8. The normalized spacial score (nSPS) is 15.2. The van der Waals surface area contributed by atoms with E-state index in [-0.39, 0.29) is 6.61 Å². The molecule has 0 bridgehead atoms. The van der Waals surface area contributed by atoms with Gasteiger partial charge in [0.25, 0.3) is 0 Å². The highest BCUT2D eigenvalue weighted by Gasteiger charge is 2.23. The summed E-state index contributed by atoms with van der Waals surface area (Å²) in [6.07, 6.45) is 0.451. The molecule has 0 heterocycles. The first-order valence-electron chi connectivity index (χ1n) is 4.32. The maximum Gasteiger partial charge on any atom is 0.0457 e. The molecule has 3 N–H and O–H groups in total. The van der Waals surface area contributed by atoms with E-state index >= 15 is 0 Å². The molecule has 0 aromatic heterocycles. The van der Waals surface area contributed by atoms with E-state index in [4.69, 9.17) is 34.0 Å². The van der Waals surface area contributed by atoms with Gasteiger partial charge >= 0.3 is 0 Å². The molecule has 0 amide bonds. The Morgan fingerprint density at radius 1 is 1.43 bits per heavy atom. The van der Waals surface area contributed by atoms with Gasteiger partial charge in [-0.1, -0.05) is 23.2 Å². The van der Waals surface area contributed by atoms with Gasteiger partial charge in [-0.3, -0.25) is 0 Å². The Bertz CT molecular complexity index is 326. The van der Waals surface area contributed by atoms with E-state index in [9.17, 15) is 0 Å². The smallest absolute Gasteiger partial charge is 0.0457 e. The summed E-state index contributed by atoms with van der Waals surface area (Å²) in [5, 5.41) is 10.0. The van der Waals surface area contributed by atoms with Crippen LogP contribution < -0.4 is 5.73 Å². The zero-order chi connectivity index (χ0) is 10.8. The van der Waals surface area contributed by atoms with Crippen molar-refractivity contribution in [3.8, 4) is 0 Å². The Hall–Kier alpha value is -0.280. The van der Waals surface area contributed by atoms with Crippen molar-refractivity contribution >= 4 is 23.2 Å². The molecule has 0 saturated carbocycles. The highest BCUT2D eigenvalue weighted by atomic mass is 35.5. The first-order valence-corrected chi connectivity index (χ1v) is 5.08. The number of benzene rings is 1. The minimum absolute atomic E-state index is 0.0237. The van der Waals surface area contributed by atoms with Gasteiger partial charge in [0, 0.05) is 22.2 Å². The van der Waals surface area contributed by atoms with Crippen LogP contribution >= 0.6 is 23.2 Å². The van der Waals surface area contributed by atoms with Crippen LogP contribution in [0.25, 0.3) is 0 Å². The fourth-order valence-corrected chi connectivity index (χ4v) is 1.81. The summed E-state index contributed by atoms with van der Waals surface area (Å²) >= 11 is 11.8. The van der Waals surface area contributed by atoms with Crippen LogP contribution in [-0.2, 0) is 5.54 Å². The van der Waals surface area contributed by atoms with Crippen LogP contribution in [0.1, 0.15) is 18.9 Å². The van der Waals surface area contributed by atoms with E-state index in [0.717, 1.165) is 5.56 Å². The highest BCUT2D eigenvalue weighted by molar-refractivity contribution is 6.33. The van der Waals surface area contributed by atoms with Crippen molar-refractivity contribution in [2.45, 2.75) is 18.9 Å². The summed E-state index contributed by atoms with van der Waals surface area (Å²) in [5.74, 6) is 0. The summed E-state index contributed by atoms with van der Waals surface area (Å²) < 4.78 is 0. The molecule has 0 aliphatic heterocycles. The van der Waals surface area contributed by atoms with Crippen LogP contribution in [0.5, 0.6) is 0 Å². The monoisotopic (exact) mass is 233 g/mol. The van der Waals surface area contributed by atoms with Crippen molar-refractivity contribution < 1.29 is 5.11 Å². The van der Waals surface area contributed by atoms with E-state index in [1.165, 1.54) is 0 Å². The third kappa shape index (κ3) is 2.61. The lowest BCUT2D eigenvalue weighted by Crippen LogP contribution is -2.34. The van der Waals surface area contributed by atoms with Crippen molar-refractivity contribution in [3.05, 3.63) is 33.8 Å². The van der Waals surface area contributed by atoms with Gasteiger partial charge in [0.05, 0.1) is 0 Å². The number of hydrogen-bond acceptors (Lipinski definition) is 2.